The molecule has 2 aromatic rings. The Morgan fingerprint density at radius 3 is 2.61 bits per heavy atom. The predicted octanol–water partition coefficient (Wildman–Crippen LogP) is 4.22. The Kier molecular flexibility index (Phi) is 6.68. The number of rotatable bonds is 8. The van der Waals surface area contributed by atoms with Crippen LogP contribution in [0, 0.1) is 0 Å². The largest absolute Gasteiger partial charge is 0.467 e. The molecule has 0 saturated carbocycles. The summed E-state index contributed by atoms with van der Waals surface area (Å²) in [6, 6.07) is 9.30. The molecular formula is C18H23ClN2O2. The van der Waals surface area contributed by atoms with Gasteiger partial charge in [0.1, 0.15) is 12.0 Å². The molecule has 1 aromatic carbocycles. The molecule has 1 amide bonds. The lowest BCUT2D eigenvalue weighted by Gasteiger charge is -2.22. The van der Waals surface area contributed by atoms with Gasteiger partial charge in [-0.2, -0.15) is 0 Å². The molecule has 1 aromatic heterocycles. The first-order valence-corrected chi connectivity index (χ1v) is 8.33. The van der Waals surface area contributed by atoms with E-state index in [1.54, 1.807) is 6.07 Å². The smallest absolute Gasteiger partial charge is 0.257 e. The van der Waals surface area contributed by atoms with Crippen molar-refractivity contribution in [1.82, 2.24) is 4.90 Å². The van der Waals surface area contributed by atoms with E-state index in [0.29, 0.717) is 29.4 Å². The van der Waals surface area contributed by atoms with Crippen molar-refractivity contribution in [3.63, 3.8) is 0 Å². The van der Waals surface area contributed by atoms with Crippen LogP contribution in [0.2, 0.25) is 5.02 Å². The molecule has 0 bridgehead atoms. The maximum absolute atomic E-state index is 12.7. The molecule has 0 unspecified atom stereocenters. The molecule has 0 fully saturated rings. The fraction of sp³-hybridized carbons (Fsp3) is 0.389. The number of nitrogens with zero attached hydrogens (tertiary/aromatic N) is 1. The highest BCUT2D eigenvalue weighted by atomic mass is 35.5. The highest BCUT2D eigenvalue weighted by molar-refractivity contribution is 6.30. The fourth-order valence-corrected chi connectivity index (χ4v) is 2.52. The first-order chi connectivity index (χ1) is 11.1. The molecule has 0 aliphatic heterocycles. The minimum absolute atomic E-state index is 0.0282. The number of carbonyl (C=O) groups excluding carboxylic acids is 1. The van der Waals surface area contributed by atoms with Crippen molar-refractivity contribution in [2.75, 3.05) is 6.54 Å². The first kappa shape index (κ1) is 17.6. The van der Waals surface area contributed by atoms with Crippen molar-refractivity contribution in [3.8, 4) is 0 Å². The number of amides is 1. The first-order valence-electron chi connectivity index (χ1n) is 7.95. The normalized spacial score (nSPS) is 10.7. The van der Waals surface area contributed by atoms with E-state index in [9.17, 15) is 4.79 Å². The van der Waals surface area contributed by atoms with Gasteiger partial charge >= 0.3 is 0 Å². The molecule has 124 valence electrons. The average Bonchev–Trinajstić information content (AvgIpc) is 3.04. The lowest BCUT2D eigenvalue weighted by Crippen LogP contribution is -2.31. The summed E-state index contributed by atoms with van der Waals surface area (Å²) in [6.07, 6.45) is 4.69. The van der Waals surface area contributed by atoms with Gasteiger partial charge in [0.2, 0.25) is 0 Å². The van der Waals surface area contributed by atoms with Crippen molar-refractivity contribution in [1.29, 1.82) is 0 Å². The molecule has 1 heterocycles. The van der Waals surface area contributed by atoms with E-state index < -0.39 is 0 Å². The maximum atomic E-state index is 12.7. The highest BCUT2D eigenvalue weighted by Gasteiger charge is 2.18. The zero-order valence-electron chi connectivity index (χ0n) is 13.4. The molecule has 0 spiro atoms. The van der Waals surface area contributed by atoms with Crippen LogP contribution in [0.3, 0.4) is 0 Å². The van der Waals surface area contributed by atoms with Gasteiger partial charge in [-0.25, -0.2) is 0 Å². The molecule has 5 heteroatoms. The molecule has 0 saturated heterocycles. The van der Waals surface area contributed by atoms with Crippen LogP contribution < -0.4 is 5.73 Å². The van der Waals surface area contributed by atoms with Crippen LogP contribution >= 0.6 is 11.6 Å². The standard InChI is InChI=1S/C18H23ClN2O2/c1-2-3-4-9-21(12-14-5-7-16(19)8-6-14)18(22)15-10-17(11-20)23-13-15/h5-8,10,13H,2-4,9,11-12,20H2,1H3. The minimum atomic E-state index is -0.0282. The van der Waals surface area contributed by atoms with Crippen LogP contribution in [-0.4, -0.2) is 17.4 Å². The Morgan fingerprint density at radius 1 is 1.26 bits per heavy atom. The lowest BCUT2D eigenvalue weighted by atomic mass is 10.1. The fourth-order valence-electron chi connectivity index (χ4n) is 2.40. The van der Waals surface area contributed by atoms with Crippen LogP contribution in [0.25, 0.3) is 0 Å². The van der Waals surface area contributed by atoms with E-state index in [4.69, 9.17) is 21.8 Å². The Morgan fingerprint density at radius 2 is 2.00 bits per heavy atom. The maximum Gasteiger partial charge on any atom is 0.257 e. The van der Waals surface area contributed by atoms with Crippen molar-refractivity contribution < 1.29 is 9.21 Å². The molecular weight excluding hydrogens is 312 g/mol. The summed E-state index contributed by atoms with van der Waals surface area (Å²) in [5, 5.41) is 0.694. The number of nitrogens with two attached hydrogens (primary N) is 1. The van der Waals surface area contributed by atoms with E-state index in [-0.39, 0.29) is 5.91 Å². The van der Waals surface area contributed by atoms with E-state index in [2.05, 4.69) is 6.92 Å². The third kappa shape index (κ3) is 5.12. The molecule has 0 aliphatic carbocycles. The van der Waals surface area contributed by atoms with Crippen LogP contribution in [0.15, 0.2) is 41.0 Å². The van der Waals surface area contributed by atoms with Gasteiger partial charge in [-0.3, -0.25) is 4.79 Å². The van der Waals surface area contributed by atoms with Gasteiger partial charge in [0.25, 0.3) is 5.91 Å². The van der Waals surface area contributed by atoms with Crippen molar-refractivity contribution in [3.05, 3.63) is 58.5 Å². The van der Waals surface area contributed by atoms with Crippen LogP contribution in [-0.2, 0) is 13.1 Å². The topological polar surface area (TPSA) is 59.5 Å². The third-order valence-electron chi connectivity index (χ3n) is 3.71. The summed E-state index contributed by atoms with van der Waals surface area (Å²) in [5.74, 6) is 0.591. The summed E-state index contributed by atoms with van der Waals surface area (Å²) >= 11 is 5.92. The van der Waals surface area contributed by atoms with Gasteiger partial charge in [-0.1, -0.05) is 43.5 Å². The number of unbranched alkanes of at least 4 members (excludes halogenated alkanes) is 2. The van der Waals surface area contributed by atoms with Crippen LogP contribution in [0.1, 0.15) is 47.9 Å². The summed E-state index contributed by atoms with van der Waals surface area (Å²) in [4.78, 5) is 14.6. The molecule has 2 N–H and O–H groups in total. The second-order valence-corrected chi connectivity index (χ2v) is 6.00. The number of carbonyl (C=O) groups is 1. The third-order valence-corrected chi connectivity index (χ3v) is 3.96. The molecule has 2 rings (SSSR count). The number of benzene rings is 1. The summed E-state index contributed by atoms with van der Waals surface area (Å²) in [6.45, 7) is 3.72. The van der Waals surface area contributed by atoms with Crippen molar-refractivity contribution in [2.24, 2.45) is 5.73 Å². The Labute approximate surface area is 142 Å². The lowest BCUT2D eigenvalue weighted by molar-refractivity contribution is 0.0739. The van der Waals surface area contributed by atoms with Gasteiger partial charge in [-0.05, 0) is 30.2 Å². The summed E-state index contributed by atoms with van der Waals surface area (Å²) in [5.41, 5.74) is 7.15. The zero-order valence-corrected chi connectivity index (χ0v) is 14.2. The highest BCUT2D eigenvalue weighted by Crippen LogP contribution is 2.16. The van der Waals surface area contributed by atoms with Crippen molar-refractivity contribution in [2.45, 2.75) is 39.3 Å². The number of furan rings is 1. The summed E-state index contributed by atoms with van der Waals surface area (Å²) in [7, 11) is 0. The van der Waals surface area contributed by atoms with Crippen LogP contribution in [0.5, 0.6) is 0 Å². The van der Waals surface area contributed by atoms with E-state index >= 15 is 0 Å². The zero-order chi connectivity index (χ0) is 16.7. The molecule has 0 atom stereocenters. The molecule has 4 nitrogen and oxygen atoms in total. The van der Waals surface area contributed by atoms with Gasteiger partial charge in [0.05, 0.1) is 12.1 Å². The molecule has 0 radical (unpaired) electrons. The Balaban J connectivity index is 2.11. The van der Waals surface area contributed by atoms with Crippen LogP contribution in [0.4, 0.5) is 0 Å². The van der Waals surface area contributed by atoms with Gasteiger partial charge in [-0.15, -0.1) is 0 Å². The van der Waals surface area contributed by atoms with E-state index in [0.717, 1.165) is 31.4 Å². The SMILES string of the molecule is CCCCCN(Cc1ccc(Cl)cc1)C(=O)c1coc(CN)c1. The average molecular weight is 335 g/mol. The van der Waals surface area contributed by atoms with Crippen molar-refractivity contribution >= 4 is 17.5 Å². The Bertz CT molecular complexity index is 622. The Hall–Kier alpha value is -1.78. The number of hydrogen-bond acceptors (Lipinski definition) is 3. The van der Waals surface area contributed by atoms with Gasteiger partial charge in [0, 0.05) is 18.1 Å². The monoisotopic (exact) mass is 334 g/mol. The van der Waals surface area contributed by atoms with E-state index in [1.165, 1.54) is 6.26 Å². The molecule has 0 aliphatic rings. The van der Waals surface area contributed by atoms with Gasteiger partial charge in [0.15, 0.2) is 0 Å². The van der Waals surface area contributed by atoms with Gasteiger partial charge < -0.3 is 15.1 Å². The second kappa shape index (κ2) is 8.75. The minimum Gasteiger partial charge on any atom is -0.467 e. The summed E-state index contributed by atoms with van der Waals surface area (Å²) < 4.78 is 5.29. The predicted molar refractivity (Wildman–Crippen MR) is 92.3 cm³/mol. The van der Waals surface area contributed by atoms with E-state index in [1.807, 2.05) is 29.2 Å². The quantitative estimate of drug-likeness (QED) is 0.735. The second-order valence-electron chi connectivity index (χ2n) is 5.57. The number of hydrogen-bond donors (Lipinski definition) is 1. The number of halogens is 1. The molecule has 23 heavy (non-hydrogen) atoms.